The number of esters is 1. The van der Waals surface area contributed by atoms with E-state index >= 15 is 0 Å². The maximum atomic E-state index is 13.1. The van der Waals surface area contributed by atoms with E-state index in [0.29, 0.717) is 22.4 Å². The second-order valence-corrected chi connectivity index (χ2v) is 8.21. The zero-order valence-corrected chi connectivity index (χ0v) is 18.2. The van der Waals surface area contributed by atoms with E-state index in [2.05, 4.69) is 5.32 Å². The number of anilines is 2. The van der Waals surface area contributed by atoms with Gasteiger partial charge in [0.15, 0.2) is 11.4 Å². The summed E-state index contributed by atoms with van der Waals surface area (Å²) in [4.78, 5) is 37.0. The Balaban J connectivity index is 1.51. The lowest BCUT2D eigenvalue weighted by Gasteiger charge is -2.36. The summed E-state index contributed by atoms with van der Waals surface area (Å²) in [7, 11) is 0. The van der Waals surface area contributed by atoms with Crippen molar-refractivity contribution in [3.05, 3.63) is 97.3 Å². The summed E-state index contributed by atoms with van der Waals surface area (Å²) >= 11 is 0. The Kier molecular flexibility index (Phi) is 4.22. The smallest absolute Gasteiger partial charge is 0.340 e. The molecule has 4 aromatic carbocycles. The molecule has 0 unspecified atom stereocenters. The molecule has 0 fully saturated rings. The van der Waals surface area contributed by atoms with Gasteiger partial charge in [-0.1, -0.05) is 6.07 Å². The van der Waals surface area contributed by atoms with Gasteiger partial charge in [-0.05, 0) is 43.3 Å². The van der Waals surface area contributed by atoms with Crippen LogP contribution in [0.2, 0.25) is 0 Å². The second kappa shape index (κ2) is 7.10. The van der Waals surface area contributed by atoms with Crippen LogP contribution in [0, 0.1) is 0 Å². The third-order valence-corrected chi connectivity index (χ3v) is 6.20. The molecule has 9 heteroatoms. The number of ether oxygens (including phenoxy) is 3. The van der Waals surface area contributed by atoms with E-state index in [-0.39, 0.29) is 46.6 Å². The fraction of sp³-hybridized carbons (Fsp3) is 0.115. The number of hydrogen-bond acceptors (Lipinski definition) is 9. The highest BCUT2D eigenvalue weighted by Crippen LogP contribution is 2.57. The summed E-state index contributed by atoms with van der Waals surface area (Å²) in [5.41, 5.74) is -0.578. The summed E-state index contributed by atoms with van der Waals surface area (Å²) in [6.07, 6.45) is 0. The van der Waals surface area contributed by atoms with E-state index in [9.17, 15) is 24.6 Å². The van der Waals surface area contributed by atoms with Crippen molar-refractivity contribution in [2.45, 2.75) is 12.5 Å². The minimum Gasteiger partial charge on any atom is -0.508 e. The molecule has 0 aromatic heterocycles. The standard InChI is InChI=1S/C26H17NO8/c1-2-33-24-21(22(30)23(24)31)27-12-3-6-16-15(9-12)25(32)35-26(16)17-7-4-13(28)10-19(17)34-20-11-14(29)5-8-18(20)26/h3-11,27-29H,2H2,1H3. The van der Waals surface area contributed by atoms with Gasteiger partial charge in [0.25, 0.3) is 10.9 Å². The number of phenolic OH excluding ortho intramolecular Hbond substituents is 2. The van der Waals surface area contributed by atoms with E-state index in [1.165, 1.54) is 30.3 Å². The number of rotatable bonds is 4. The normalized spacial score (nSPS) is 14.6. The van der Waals surface area contributed by atoms with E-state index < -0.39 is 22.4 Å². The predicted molar refractivity (Wildman–Crippen MR) is 124 cm³/mol. The van der Waals surface area contributed by atoms with Crippen LogP contribution in [0.5, 0.6) is 28.7 Å². The van der Waals surface area contributed by atoms with Gasteiger partial charge in [-0.15, -0.1) is 0 Å². The highest BCUT2D eigenvalue weighted by molar-refractivity contribution is 5.98. The van der Waals surface area contributed by atoms with Gasteiger partial charge in [0.1, 0.15) is 28.7 Å². The molecule has 0 amide bonds. The molecule has 3 N–H and O–H groups in total. The minimum absolute atomic E-state index is 0.0329. The van der Waals surface area contributed by atoms with Gasteiger partial charge in [-0.3, -0.25) is 9.59 Å². The van der Waals surface area contributed by atoms with Crippen LogP contribution in [0.15, 0.2) is 64.2 Å². The molecule has 0 radical (unpaired) electrons. The Morgan fingerprint density at radius 2 is 1.49 bits per heavy atom. The van der Waals surface area contributed by atoms with Crippen LogP contribution in [0.4, 0.5) is 11.4 Å². The van der Waals surface area contributed by atoms with Crippen LogP contribution in [0.25, 0.3) is 0 Å². The number of hydrogen-bond donors (Lipinski definition) is 3. The lowest BCUT2D eigenvalue weighted by atomic mass is 9.77. The number of nitrogens with one attached hydrogen (secondary N) is 1. The molecule has 4 aromatic rings. The SMILES string of the molecule is CCOc1c(Nc2ccc3c(c2)C(=O)OC32c3ccc(O)cc3Oc3cc(O)ccc32)c(=O)c1=O. The number of carbonyl (C=O) groups is 1. The highest BCUT2D eigenvalue weighted by Gasteiger charge is 2.53. The zero-order valence-electron chi connectivity index (χ0n) is 18.2. The summed E-state index contributed by atoms with van der Waals surface area (Å²) in [5, 5.41) is 22.9. The van der Waals surface area contributed by atoms with Gasteiger partial charge in [0, 0.05) is 34.5 Å². The van der Waals surface area contributed by atoms with E-state index in [1.54, 1.807) is 31.2 Å². The number of aromatic hydroxyl groups is 2. The number of phenols is 2. The first-order valence-corrected chi connectivity index (χ1v) is 10.8. The second-order valence-electron chi connectivity index (χ2n) is 8.21. The largest absolute Gasteiger partial charge is 0.508 e. The molecule has 2 heterocycles. The number of benzene rings is 3. The zero-order chi connectivity index (χ0) is 24.5. The highest BCUT2D eigenvalue weighted by atomic mass is 16.6. The molecular weight excluding hydrogens is 454 g/mol. The first-order valence-electron chi connectivity index (χ1n) is 10.8. The van der Waals surface area contributed by atoms with Crippen molar-refractivity contribution in [3.63, 3.8) is 0 Å². The molecule has 0 saturated heterocycles. The van der Waals surface area contributed by atoms with Gasteiger partial charge in [-0.25, -0.2) is 4.79 Å². The van der Waals surface area contributed by atoms with Gasteiger partial charge in [0.2, 0.25) is 0 Å². The molecule has 35 heavy (non-hydrogen) atoms. The monoisotopic (exact) mass is 471 g/mol. The van der Waals surface area contributed by atoms with Crippen LogP contribution < -0.4 is 25.6 Å². The Labute approximate surface area is 197 Å². The minimum atomic E-state index is -1.38. The number of carbonyl (C=O) groups excluding carboxylic acids is 1. The molecule has 0 atom stereocenters. The molecule has 9 nitrogen and oxygen atoms in total. The Bertz CT molecular complexity index is 1580. The van der Waals surface area contributed by atoms with Crippen molar-refractivity contribution in [2.24, 2.45) is 0 Å². The molecule has 0 aliphatic carbocycles. The molecule has 2 aliphatic rings. The molecule has 2 aliphatic heterocycles. The van der Waals surface area contributed by atoms with Crippen LogP contribution in [-0.2, 0) is 10.3 Å². The topological polar surface area (TPSA) is 131 Å². The van der Waals surface area contributed by atoms with Crippen molar-refractivity contribution >= 4 is 17.3 Å². The number of fused-ring (bicyclic) bond motifs is 6. The van der Waals surface area contributed by atoms with Crippen LogP contribution in [-0.4, -0.2) is 22.8 Å². The Morgan fingerprint density at radius 3 is 2.11 bits per heavy atom. The summed E-state index contributed by atoms with van der Waals surface area (Å²) in [5.74, 6) is -0.177. The van der Waals surface area contributed by atoms with Crippen molar-refractivity contribution in [2.75, 3.05) is 11.9 Å². The lowest BCUT2D eigenvalue weighted by Crippen LogP contribution is -2.35. The van der Waals surface area contributed by atoms with Gasteiger partial charge in [-0.2, -0.15) is 0 Å². The fourth-order valence-electron chi connectivity index (χ4n) is 4.69. The quantitative estimate of drug-likeness (QED) is 0.303. The van der Waals surface area contributed by atoms with Gasteiger partial charge >= 0.3 is 5.97 Å². The average Bonchev–Trinajstić information content (AvgIpc) is 3.12. The third kappa shape index (κ3) is 2.78. The molecule has 1 spiro atoms. The van der Waals surface area contributed by atoms with Crippen LogP contribution in [0.1, 0.15) is 34.0 Å². The van der Waals surface area contributed by atoms with Gasteiger partial charge < -0.3 is 29.7 Å². The fourth-order valence-corrected chi connectivity index (χ4v) is 4.69. The molecular formula is C26H17NO8. The van der Waals surface area contributed by atoms with Crippen molar-refractivity contribution in [1.29, 1.82) is 0 Å². The maximum Gasteiger partial charge on any atom is 0.340 e. The van der Waals surface area contributed by atoms with Crippen LogP contribution in [0.3, 0.4) is 0 Å². The molecule has 6 rings (SSSR count). The predicted octanol–water partition coefficient (Wildman–Crippen LogP) is 3.40. The maximum absolute atomic E-state index is 13.1. The van der Waals surface area contributed by atoms with Crippen molar-refractivity contribution < 1.29 is 29.2 Å². The molecule has 0 bridgehead atoms. The average molecular weight is 471 g/mol. The first kappa shape index (κ1) is 20.8. The van der Waals surface area contributed by atoms with Gasteiger partial charge in [0.05, 0.1) is 12.2 Å². The summed E-state index contributed by atoms with van der Waals surface area (Å²) in [6, 6.07) is 13.9. The summed E-state index contributed by atoms with van der Waals surface area (Å²) in [6.45, 7) is 1.93. The van der Waals surface area contributed by atoms with E-state index in [4.69, 9.17) is 14.2 Å². The lowest BCUT2D eigenvalue weighted by molar-refractivity contribution is 0.0224. The van der Waals surface area contributed by atoms with E-state index in [1.807, 2.05) is 0 Å². The third-order valence-electron chi connectivity index (χ3n) is 6.20. The first-order chi connectivity index (χ1) is 16.8. The Hall–Kier alpha value is -4.79. The van der Waals surface area contributed by atoms with Crippen LogP contribution >= 0.6 is 0 Å². The Morgan fingerprint density at radius 1 is 0.857 bits per heavy atom. The molecule has 0 saturated carbocycles. The summed E-state index contributed by atoms with van der Waals surface area (Å²) < 4.78 is 17.2. The van der Waals surface area contributed by atoms with Crippen molar-refractivity contribution in [3.8, 4) is 28.7 Å². The molecule has 174 valence electrons. The van der Waals surface area contributed by atoms with E-state index in [0.717, 1.165) is 0 Å². The van der Waals surface area contributed by atoms with Crippen molar-refractivity contribution in [1.82, 2.24) is 0 Å².